The van der Waals surface area contributed by atoms with Gasteiger partial charge in [-0.05, 0) is 24.0 Å². The van der Waals surface area contributed by atoms with Crippen LogP contribution in [0.3, 0.4) is 0 Å². The molecule has 0 radical (unpaired) electrons. The normalized spacial score (nSPS) is 13.6. The summed E-state index contributed by atoms with van der Waals surface area (Å²) in [5.74, 6) is -1.29. The lowest BCUT2D eigenvalue weighted by Gasteiger charge is -2.20. The van der Waals surface area contributed by atoms with Crippen molar-refractivity contribution in [3.8, 4) is 0 Å². The van der Waals surface area contributed by atoms with Gasteiger partial charge in [0.1, 0.15) is 6.04 Å². The average Bonchev–Trinajstić information content (AvgIpc) is 2.42. The summed E-state index contributed by atoms with van der Waals surface area (Å²) in [6, 6.07) is 6.88. The highest BCUT2D eigenvalue weighted by molar-refractivity contribution is 9.10. The summed E-state index contributed by atoms with van der Waals surface area (Å²) in [7, 11) is 0. The Balaban J connectivity index is 2.55. The molecule has 0 saturated carbocycles. The van der Waals surface area contributed by atoms with Gasteiger partial charge in [0, 0.05) is 10.9 Å². The number of amides is 1. The zero-order valence-corrected chi connectivity index (χ0v) is 13.3. The zero-order valence-electron chi connectivity index (χ0n) is 11.7. The molecule has 0 unspecified atom stereocenters. The van der Waals surface area contributed by atoms with Gasteiger partial charge in [-0.25, -0.2) is 4.79 Å². The smallest absolute Gasteiger partial charge is 0.326 e. The molecule has 1 aromatic rings. The Hall–Kier alpha value is -1.36. The molecular formula is C15H20BrNO3. The monoisotopic (exact) mass is 341 g/mol. The van der Waals surface area contributed by atoms with E-state index in [9.17, 15) is 9.59 Å². The van der Waals surface area contributed by atoms with Crippen molar-refractivity contribution in [2.24, 2.45) is 5.92 Å². The van der Waals surface area contributed by atoms with Gasteiger partial charge in [-0.15, -0.1) is 0 Å². The molecular weight excluding hydrogens is 322 g/mol. The number of rotatable bonds is 7. The van der Waals surface area contributed by atoms with E-state index in [1.54, 1.807) is 0 Å². The first-order valence-electron chi connectivity index (χ1n) is 6.71. The molecule has 1 rings (SSSR count). The second-order valence-electron chi connectivity index (χ2n) is 4.86. The lowest BCUT2D eigenvalue weighted by atomic mass is 9.99. The minimum absolute atomic E-state index is 0.0834. The maximum absolute atomic E-state index is 11.9. The first kappa shape index (κ1) is 16.7. The van der Waals surface area contributed by atoms with Crippen LogP contribution >= 0.6 is 15.9 Å². The van der Waals surface area contributed by atoms with Crippen molar-refractivity contribution in [3.63, 3.8) is 0 Å². The van der Waals surface area contributed by atoms with Crippen LogP contribution in [0.2, 0.25) is 0 Å². The predicted octanol–water partition coefficient (Wildman–Crippen LogP) is 3.00. The fourth-order valence-corrected chi connectivity index (χ4v) is 2.36. The molecule has 0 fully saturated rings. The van der Waals surface area contributed by atoms with Gasteiger partial charge < -0.3 is 10.4 Å². The van der Waals surface area contributed by atoms with Crippen molar-refractivity contribution in [2.75, 3.05) is 0 Å². The first-order chi connectivity index (χ1) is 9.45. The molecule has 2 atom stereocenters. The molecule has 0 aliphatic rings. The van der Waals surface area contributed by atoms with Crippen molar-refractivity contribution >= 4 is 27.8 Å². The van der Waals surface area contributed by atoms with E-state index in [4.69, 9.17) is 5.11 Å². The topological polar surface area (TPSA) is 66.4 Å². The number of aliphatic carboxylic acids is 1. The molecule has 0 aliphatic carbocycles. The second kappa shape index (κ2) is 8.04. The highest BCUT2D eigenvalue weighted by atomic mass is 79.9. The van der Waals surface area contributed by atoms with Crippen molar-refractivity contribution < 1.29 is 14.7 Å². The van der Waals surface area contributed by atoms with Gasteiger partial charge >= 0.3 is 5.97 Å². The molecule has 0 aliphatic heterocycles. The second-order valence-corrected chi connectivity index (χ2v) is 5.71. The van der Waals surface area contributed by atoms with E-state index in [1.165, 1.54) is 0 Å². The molecule has 0 aromatic heterocycles. The highest BCUT2D eigenvalue weighted by Crippen LogP contribution is 2.17. The fourth-order valence-electron chi connectivity index (χ4n) is 1.88. The summed E-state index contributed by atoms with van der Waals surface area (Å²) in [5.41, 5.74) is 1.04. The van der Waals surface area contributed by atoms with E-state index in [0.717, 1.165) is 10.0 Å². The van der Waals surface area contributed by atoms with E-state index in [1.807, 2.05) is 38.1 Å². The molecule has 4 nitrogen and oxygen atoms in total. The minimum atomic E-state index is -0.978. The Morgan fingerprint density at radius 1 is 1.35 bits per heavy atom. The average molecular weight is 342 g/mol. The highest BCUT2D eigenvalue weighted by Gasteiger charge is 2.24. The Bertz CT molecular complexity index is 476. The van der Waals surface area contributed by atoms with Gasteiger partial charge in [0.15, 0.2) is 0 Å². The number of halogens is 1. The number of hydrogen-bond acceptors (Lipinski definition) is 2. The molecule has 1 amide bonds. The molecule has 20 heavy (non-hydrogen) atoms. The summed E-state index contributed by atoms with van der Waals surface area (Å²) in [6.07, 6.45) is 1.57. The third kappa shape index (κ3) is 4.96. The lowest BCUT2D eigenvalue weighted by Crippen LogP contribution is -2.45. The van der Waals surface area contributed by atoms with E-state index >= 15 is 0 Å². The zero-order chi connectivity index (χ0) is 15.1. The molecule has 5 heteroatoms. The van der Waals surface area contributed by atoms with Crippen LogP contribution in [0.15, 0.2) is 28.7 Å². The van der Waals surface area contributed by atoms with Gasteiger partial charge in [0.25, 0.3) is 0 Å². The number of carbonyl (C=O) groups is 2. The van der Waals surface area contributed by atoms with Gasteiger partial charge in [0.05, 0.1) is 0 Å². The quantitative estimate of drug-likeness (QED) is 0.801. The molecule has 0 bridgehead atoms. The number of carboxylic acids is 1. The van der Waals surface area contributed by atoms with Crippen LogP contribution in [0.5, 0.6) is 0 Å². The van der Waals surface area contributed by atoms with E-state index in [0.29, 0.717) is 12.8 Å². The lowest BCUT2D eigenvalue weighted by molar-refractivity contribution is -0.143. The summed E-state index contributed by atoms with van der Waals surface area (Å²) in [6.45, 7) is 3.74. The van der Waals surface area contributed by atoms with Gasteiger partial charge in [-0.3, -0.25) is 4.79 Å². The van der Waals surface area contributed by atoms with Crippen molar-refractivity contribution in [2.45, 2.75) is 39.2 Å². The minimum Gasteiger partial charge on any atom is -0.480 e. The molecule has 0 spiro atoms. The number of carboxylic acid groups (broad SMARTS) is 1. The van der Waals surface area contributed by atoms with Crippen LogP contribution < -0.4 is 5.32 Å². The Morgan fingerprint density at radius 3 is 2.55 bits per heavy atom. The van der Waals surface area contributed by atoms with Gasteiger partial charge in [0.2, 0.25) is 5.91 Å². The largest absolute Gasteiger partial charge is 0.480 e. The molecule has 0 heterocycles. The van der Waals surface area contributed by atoms with Crippen LogP contribution in [-0.4, -0.2) is 23.0 Å². The number of nitrogens with one attached hydrogen (secondary N) is 1. The SMILES string of the molecule is CC[C@H](C)[C@H](NC(=O)CCc1ccccc1Br)C(=O)O. The maximum atomic E-state index is 11.9. The van der Waals surface area contributed by atoms with E-state index < -0.39 is 12.0 Å². The summed E-state index contributed by atoms with van der Waals surface area (Å²) < 4.78 is 0.963. The van der Waals surface area contributed by atoms with Crippen LogP contribution in [0.4, 0.5) is 0 Å². The fraction of sp³-hybridized carbons (Fsp3) is 0.467. The molecule has 110 valence electrons. The Morgan fingerprint density at radius 2 is 2.00 bits per heavy atom. The summed E-state index contributed by atoms with van der Waals surface area (Å²) >= 11 is 3.43. The molecule has 0 saturated heterocycles. The number of hydrogen-bond donors (Lipinski definition) is 2. The first-order valence-corrected chi connectivity index (χ1v) is 7.50. The van der Waals surface area contributed by atoms with Gasteiger partial charge in [-0.2, -0.15) is 0 Å². The predicted molar refractivity (Wildman–Crippen MR) is 81.5 cm³/mol. The van der Waals surface area contributed by atoms with Crippen LogP contribution in [0.25, 0.3) is 0 Å². The Kier molecular flexibility index (Phi) is 6.71. The van der Waals surface area contributed by atoms with Crippen molar-refractivity contribution in [1.82, 2.24) is 5.32 Å². The van der Waals surface area contributed by atoms with Crippen molar-refractivity contribution in [1.29, 1.82) is 0 Å². The van der Waals surface area contributed by atoms with E-state index in [-0.39, 0.29) is 18.2 Å². The van der Waals surface area contributed by atoms with Crippen LogP contribution in [0.1, 0.15) is 32.3 Å². The molecule has 2 N–H and O–H groups in total. The number of benzene rings is 1. The van der Waals surface area contributed by atoms with Gasteiger partial charge in [-0.1, -0.05) is 54.4 Å². The number of aryl methyl sites for hydroxylation is 1. The number of carbonyl (C=O) groups excluding carboxylic acids is 1. The Labute approximate surface area is 127 Å². The third-order valence-corrected chi connectivity index (χ3v) is 4.15. The summed E-state index contributed by atoms with van der Waals surface area (Å²) in [4.78, 5) is 23.0. The van der Waals surface area contributed by atoms with Crippen LogP contribution in [0, 0.1) is 5.92 Å². The standard InChI is InChI=1S/C15H20BrNO3/c1-3-10(2)14(15(19)20)17-13(18)9-8-11-6-4-5-7-12(11)16/h4-7,10,14H,3,8-9H2,1-2H3,(H,17,18)(H,19,20)/t10-,14-/m0/s1. The summed E-state index contributed by atoms with van der Waals surface area (Å²) in [5, 5.41) is 11.7. The molecule has 1 aromatic carbocycles. The van der Waals surface area contributed by atoms with E-state index in [2.05, 4.69) is 21.2 Å². The third-order valence-electron chi connectivity index (χ3n) is 3.37. The maximum Gasteiger partial charge on any atom is 0.326 e. The van der Waals surface area contributed by atoms with Crippen LogP contribution in [-0.2, 0) is 16.0 Å². The van der Waals surface area contributed by atoms with Crippen molar-refractivity contribution in [3.05, 3.63) is 34.3 Å².